The molecule has 0 aliphatic carbocycles. The van der Waals surface area contributed by atoms with Crippen LogP contribution in [0.5, 0.6) is 0 Å². The lowest BCUT2D eigenvalue weighted by Gasteiger charge is -2.31. The van der Waals surface area contributed by atoms with Crippen molar-refractivity contribution in [3.63, 3.8) is 0 Å². The fourth-order valence-corrected chi connectivity index (χ4v) is 8.26. The molecule has 0 bridgehead atoms. The molecule has 75 heavy (non-hydrogen) atoms. The number of unbranched alkanes of at least 4 members (excludes halogenated alkanes) is 1. The predicted octanol–water partition coefficient (Wildman–Crippen LogP) is -1.66. The Kier molecular flexibility index (Phi) is 25.1. The molecule has 25 heteroatoms. The normalized spacial score (nSPS) is 16.3. The molecule has 1 aliphatic rings. The van der Waals surface area contributed by atoms with Crippen LogP contribution in [0.2, 0.25) is 0 Å². The number of aliphatic carboxylic acids is 1. The summed E-state index contributed by atoms with van der Waals surface area (Å²) >= 11 is 0. The second-order valence-electron chi connectivity index (χ2n) is 20.1. The van der Waals surface area contributed by atoms with Gasteiger partial charge in [-0.15, -0.1) is 0 Å². The second-order valence-corrected chi connectivity index (χ2v) is 20.1. The van der Waals surface area contributed by atoms with Crippen LogP contribution in [0.25, 0.3) is 0 Å². The Morgan fingerprint density at radius 1 is 0.800 bits per heavy atom. The zero-order valence-electron chi connectivity index (χ0n) is 44.1. The number of imidazole rings is 1. The third kappa shape index (κ3) is 20.2. The van der Waals surface area contributed by atoms with Crippen molar-refractivity contribution in [3.05, 3.63) is 54.1 Å². The lowest BCUT2D eigenvalue weighted by atomic mass is 9.97. The molecular formula is C50H80N14O11. The van der Waals surface area contributed by atoms with Crippen LogP contribution in [0, 0.1) is 11.8 Å². The number of aliphatic hydroxyl groups excluding tert-OH is 1. The molecule has 2 heterocycles. The summed E-state index contributed by atoms with van der Waals surface area (Å²) in [5, 5.41) is 38.5. The number of carboxylic acid groups (broad SMARTS) is 1. The summed E-state index contributed by atoms with van der Waals surface area (Å²) < 4.78 is 0. The first kappa shape index (κ1) is 62.1. The first-order chi connectivity index (χ1) is 35.4. The average Bonchev–Trinajstić information content (AvgIpc) is 4.07. The van der Waals surface area contributed by atoms with Crippen LogP contribution in [0.1, 0.15) is 111 Å². The highest BCUT2D eigenvalue weighted by atomic mass is 16.4. The molecule has 1 aromatic carbocycles. The molecule has 8 amide bonds. The Morgan fingerprint density at radius 2 is 1.43 bits per heavy atom. The van der Waals surface area contributed by atoms with Gasteiger partial charge >= 0.3 is 5.97 Å². The number of carboxylic acids is 1. The van der Waals surface area contributed by atoms with Crippen molar-refractivity contribution in [1.82, 2.24) is 52.1 Å². The van der Waals surface area contributed by atoms with Crippen molar-refractivity contribution in [2.75, 3.05) is 19.7 Å². The summed E-state index contributed by atoms with van der Waals surface area (Å²) in [6.45, 7) is 11.0. The maximum Gasteiger partial charge on any atom is 0.326 e. The fourth-order valence-electron chi connectivity index (χ4n) is 8.26. The summed E-state index contributed by atoms with van der Waals surface area (Å²) in [6.07, 6.45) is 5.70. The SMILES string of the molecule is CCCC[C@H](N)C(=O)N1CCC[C@H]1C(=O)N[C@@H](CC(C)C)C(=O)N[C@@H](Cc1cnc[nH]1)C(=O)N[C@@H](CO)C(=O)N[C@@H](CCCN=C(N)N)C(=O)N[C@H](C(=O)NC(C)(C)C(=O)N[C@@H](Cc1ccccc1)C(=O)O)C(C)C. The first-order valence-electron chi connectivity index (χ1n) is 25.5. The molecular weight excluding hydrogens is 973 g/mol. The van der Waals surface area contributed by atoms with Gasteiger partial charge in [0.15, 0.2) is 5.96 Å². The van der Waals surface area contributed by atoms with Gasteiger partial charge in [-0.3, -0.25) is 43.3 Å². The predicted molar refractivity (Wildman–Crippen MR) is 277 cm³/mol. The van der Waals surface area contributed by atoms with Gasteiger partial charge in [-0.1, -0.05) is 77.8 Å². The molecule has 1 aromatic heterocycles. The third-order valence-electron chi connectivity index (χ3n) is 12.5. The van der Waals surface area contributed by atoms with Gasteiger partial charge in [0.1, 0.15) is 47.8 Å². The molecule has 3 rings (SSSR count). The molecule has 0 unspecified atom stereocenters. The van der Waals surface area contributed by atoms with Crippen molar-refractivity contribution in [2.45, 2.75) is 167 Å². The molecule has 25 nitrogen and oxygen atoms in total. The fraction of sp³-hybridized carbons (Fsp3) is 0.620. The number of hydrogen-bond acceptors (Lipinski definition) is 13. The summed E-state index contributed by atoms with van der Waals surface area (Å²) in [6, 6.07) is -1.33. The zero-order chi connectivity index (χ0) is 56.0. The Labute approximate surface area is 437 Å². The van der Waals surface area contributed by atoms with Gasteiger partial charge in [-0.25, -0.2) is 9.78 Å². The highest BCUT2D eigenvalue weighted by Crippen LogP contribution is 2.21. The van der Waals surface area contributed by atoms with Crippen molar-refractivity contribution in [1.29, 1.82) is 0 Å². The smallest absolute Gasteiger partial charge is 0.326 e. The summed E-state index contributed by atoms with van der Waals surface area (Å²) in [4.78, 5) is 135. The molecule has 1 fully saturated rings. The second kappa shape index (κ2) is 30.3. The van der Waals surface area contributed by atoms with Crippen LogP contribution in [0.4, 0.5) is 0 Å². The average molecular weight is 1050 g/mol. The van der Waals surface area contributed by atoms with Crippen molar-refractivity contribution >= 4 is 59.2 Å². The van der Waals surface area contributed by atoms with E-state index in [9.17, 15) is 53.4 Å². The van der Waals surface area contributed by atoms with Crippen LogP contribution in [0.3, 0.4) is 0 Å². The van der Waals surface area contributed by atoms with E-state index in [-0.39, 0.29) is 56.4 Å². The number of aliphatic imine (C=N–C) groups is 1. The van der Waals surface area contributed by atoms with Gasteiger partial charge in [0.2, 0.25) is 47.3 Å². The van der Waals surface area contributed by atoms with E-state index in [4.69, 9.17) is 17.2 Å². The highest BCUT2D eigenvalue weighted by molar-refractivity contribution is 5.99. The van der Waals surface area contributed by atoms with E-state index >= 15 is 0 Å². The van der Waals surface area contributed by atoms with E-state index in [0.717, 1.165) is 12.8 Å². The monoisotopic (exact) mass is 1050 g/mol. The topological polar surface area (TPSA) is 401 Å². The number of guanidine groups is 1. The minimum Gasteiger partial charge on any atom is -0.480 e. The molecule has 416 valence electrons. The minimum absolute atomic E-state index is 0.0264. The number of rotatable bonds is 31. The molecule has 8 atom stereocenters. The molecule has 1 aliphatic heterocycles. The van der Waals surface area contributed by atoms with Gasteiger partial charge in [0.25, 0.3) is 0 Å². The summed E-state index contributed by atoms with van der Waals surface area (Å²) in [5.41, 5.74) is 16.6. The van der Waals surface area contributed by atoms with E-state index in [1.54, 1.807) is 44.2 Å². The van der Waals surface area contributed by atoms with E-state index in [0.29, 0.717) is 37.1 Å². The van der Waals surface area contributed by atoms with Crippen LogP contribution in [-0.2, 0) is 56.0 Å². The number of benzene rings is 1. The summed E-state index contributed by atoms with van der Waals surface area (Å²) in [5.74, 6) is -8.33. The molecule has 0 spiro atoms. The van der Waals surface area contributed by atoms with Crippen molar-refractivity contribution in [2.24, 2.45) is 34.0 Å². The molecule has 2 aromatic rings. The number of amides is 8. The number of carbonyl (C=O) groups excluding carboxylic acids is 8. The van der Waals surface area contributed by atoms with E-state index < -0.39 is 114 Å². The minimum atomic E-state index is -1.70. The Morgan fingerprint density at radius 3 is 2.01 bits per heavy atom. The number of aromatic nitrogens is 2. The summed E-state index contributed by atoms with van der Waals surface area (Å²) in [7, 11) is 0. The lowest BCUT2D eigenvalue weighted by molar-refractivity contribution is -0.143. The Balaban J connectivity index is 1.81. The number of H-pyrrole nitrogens is 1. The number of aliphatic hydroxyl groups is 1. The molecule has 16 N–H and O–H groups in total. The van der Waals surface area contributed by atoms with Gasteiger partial charge in [0.05, 0.1) is 19.0 Å². The van der Waals surface area contributed by atoms with Crippen molar-refractivity contribution < 1.29 is 53.4 Å². The van der Waals surface area contributed by atoms with E-state index in [2.05, 4.69) is 52.2 Å². The van der Waals surface area contributed by atoms with Gasteiger partial charge in [-0.2, -0.15) is 0 Å². The maximum atomic E-state index is 14.1. The molecule has 0 radical (unpaired) electrons. The van der Waals surface area contributed by atoms with Crippen LogP contribution < -0.4 is 54.4 Å². The molecule has 1 saturated heterocycles. The number of carbonyl (C=O) groups is 9. The largest absolute Gasteiger partial charge is 0.480 e. The van der Waals surface area contributed by atoms with Crippen LogP contribution in [0.15, 0.2) is 47.8 Å². The van der Waals surface area contributed by atoms with E-state index in [1.165, 1.54) is 31.3 Å². The maximum absolute atomic E-state index is 14.1. The standard InChI is InChI=1S/C50H80N14O11/c1-8-9-17-32(51)46(72)64-21-14-19-38(64)44(70)59-34(22-28(2)3)41(67)58-35(24-31-25-54-27-56-31)42(68)60-37(26-65)43(69)57-33(18-13-20-55-49(52)53)40(66)62-39(29(4)5)45(71)63-50(6,7)48(75)61-36(47(73)74)23-30-15-11-10-12-16-30/h10-12,15-16,25,27-29,32-39,65H,8-9,13-14,17-24,26,51H2,1-7H3,(H,54,56)(H,57,69)(H,58,67)(H,59,70)(H,60,68)(H,61,75)(H,62,66)(H,63,71)(H,73,74)(H4,52,53,55)/t32-,33-,34-,35-,36-,37-,38-,39-/m0/s1. The van der Waals surface area contributed by atoms with Crippen molar-refractivity contribution in [3.8, 4) is 0 Å². The number of nitrogens with two attached hydrogens (primary N) is 3. The van der Waals surface area contributed by atoms with Gasteiger partial charge < -0.3 is 74.5 Å². The highest BCUT2D eigenvalue weighted by Gasteiger charge is 2.40. The first-order valence-corrected chi connectivity index (χ1v) is 25.5. The Hall–Kier alpha value is -7.15. The lowest BCUT2D eigenvalue weighted by Crippen LogP contribution is -2.63. The number of nitrogens with zero attached hydrogens (tertiary/aromatic N) is 3. The van der Waals surface area contributed by atoms with E-state index in [1.807, 2.05) is 20.8 Å². The van der Waals surface area contributed by atoms with Crippen LogP contribution >= 0.6 is 0 Å². The van der Waals surface area contributed by atoms with Crippen LogP contribution in [-0.4, -0.2) is 158 Å². The Bertz CT molecular complexity index is 2260. The third-order valence-corrected chi connectivity index (χ3v) is 12.5. The van der Waals surface area contributed by atoms with Gasteiger partial charge in [-0.05, 0) is 69.8 Å². The number of hydrogen-bond donors (Lipinski definition) is 13. The number of nitrogens with one attached hydrogen (secondary N) is 8. The zero-order valence-corrected chi connectivity index (χ0v) is 44.1. The number of likely N-dealkylation sites (tertiary alicyclic amines) is 1. The number of aromatic amines is 1. The molecule has 0 saturated carbocycles. The van der Waals surface area contributed by atoms with Gasteiger partial charge in [0, 0.05) is 37.8 Å². The quantitative estimate of drug-likeness (QED) is 0.0228.